The van der Waals surface area contributed by atoms with E-state index in [0.717, 1.165) is 5.69 Å². The maximum Gasteiger partial charge on any atom is 0.263 e. The van der Waals surface area contributed by atoms with Gasteiger partial charge in [-0.1, -0.05) is 0 Å². The number of carbonyl (C=O) groups excluding carboxylic acids is 1. The van der Waals surface area contributed by atoms with E-state index in [4.69, 9.17) is 15.2 Å². The third-order valence-electron chi connectivity index (χ3n) is 3.69. The summed E-state index contributed by atoms with van der Waals surface area (Å²) in [7, 11) is 0. The number of pyridine rings is 1. The van der Waals surface area contributed by atoms with Crippen molar-refractivity contribution in [1.82, 2.24) is 10.3 Å². The molecular weight excluding hydrogens is 314 g/mol. The van der Waals surface area contributed by atoms with E-state index >= 15 is 0 Å². The molecule has 2 aromatic heterocycles. The molecule has 0 aliphatic carbocycles. The molecule has 1 aliphatic heterocycles. The lowest BCUT2D eigenvalue weighted by Crippen LogP contribution is -2.51. The van der Waals surface area contributed by atoms with Gasteiger partial charge >= 0.3 is 0 Å². The molecule has 1 amide bonds. The summed E-state index contributed by atoms with van der Waals surface area (Å²) in [6.07, 6.45) is 2.12. The van der Waals surface area contributed by atoms with E-state index < -0.39 is 0 Å². The Balaban J connectivity index is 1.67. The van der Waals surface area contributed by atoms with Gasteiger partial charge in [-0.15, -0.1) is 11.3 Å². The number of hydrogen-bond donors (Lipinski definition) is 2. The van der Waals surface area contributed by atoms with Gasteiger partial charge in [-0.25, -0.2) is 0 Å². The lowest BCUT2D eigenvalue weighted by Gasteiger charge is -2.32. The summed E-state index contributed by atoms with van der Waals surface area (Å²) < 4.78 is 11.4. The minimum absolute atomic E-state index is 0.126. The number of carbonyl (C=O) groups is 1. The summed E-state index contributed by atoms with van der Waals surface area (Å²) in [6.45, 7) is 2.94. The molecule has 2 atom stereocenters. The molecule has 3 rings (SSSR count). The maximum absolute atomic E-state index is 12.3. The predicted octanol–water partition coefficient (Wildman–Crippen LogP) is 2.00. The fourth-order valence-electron chi connectivity index (χ4n) is 2.43. The number of aromatic nitrogens is 1. The fourth-order valence-corrected chi connectivity index (χ4v) is 3.15. The van der Waals surface area contributed by atoms with Crippen molar-refractivity contribution in [3.8, 4) is 5.75 Å². The van der Waals surface area contributed by atoms with Crippen LogP contribution in [-0.4, -0.2) is 36.3 Å². The number of thiophene rings is 1. The second-order valence-corrected chi connectivity index (χ2v) is 6.36. The lowest BCUT2D eigenvalue weighted by atomic mass is 10.1. The van der Waals surface area contributed by atoms with Gasteiger partial charge in [0, 0.05) is 12.3 Å². The molecule has 1 aliphatic rings. The number of hydrogen-bond acceptors (Lipinski definition) is 6. The van der Waals surface area contributed by atoms with Crippen LogP contribution in [0.3, 0.4) is 0 Å². The van der Waals surface area contributed by atoms with E-state index in [1.807, 2.05) is 19.1 Å². The van der Waals surface area contributed by atoms with Crippen molar-refractivity contribution in [3.05, 3.63) is 40.3 Å². The van der Waals surface area contributed by atoms with Crippen LogP contribution in [0.1, 0.15) is 21.8 Å². The summed E-state index contributed by atoms with van der Waals surface area (Å²) >= 11 is 1.33. The van der Waals surface area contributed by atoms with Crippen molar-refractivity contribution in [2.24, 2.45) is 0 Å². The highest BCUT2D eigenvalue weighted by Gasteiger charge is 2.30. The Kier molecular flexibility index (Phi) is 4.78. The minimum atomic E-state index is -0.251. The first-order chi connectivity index (χ1) is 11.1. The van der Waals surface area contributed by atoms with Crippen molar-refractivity contribution in [1.29, 1.82) is 0 Å². The minimum Gasteiger partial charge on any atom is -0.484 e. The molecule has 0 unspecified atom stereocenters. The Hall–Kier alpha value is -2.12. The summed E-state index contributed by atoms with van der Waals surface area (Å²) in [5.74, 6) is 0.501. The number of nitrogen functional groups attached to an aromatic ring is 1. The summed E-state index contributed by atoms with van der Waals surface area (Å²) in [5.41, 5.74) is 7.23. The molecule has 23 heavy (non-hydrogen) atoms. The first-order valence-electron chi connectivity index (χ1n) is 7.44. The maximum atomic E-state index is 12.3. The quantitative estimate of drug-likeness (QED) is 0.894. The molecular formula is C16H19N3O3S. The standard InChI is InChI=1S/C16H19N3O3S/c1-10-2-3-11(8-18-10)22-14-9-21-6-4-13(14)19-16(20)15-12(17)5-7-23-15/h2-3,5,7-8,13-14H,4,6,9,17H2,1H3,(H,19,20)/t13-,14+/m1/s1. The molecule has 3 heterocycles. The van der Waals surface area contributed by atoms with Crippen molar-refractivity contribution < 1.29 is 14.3 Å². The van der Waals surface area contributed by atoms with E-state index in [1.54, 1.807) is 17.6 Å². The van der Waals surface area contributed by atoms with Gasteiger partial charge in [-0.2, -0.15) is 0 Å². The molecule has 7 heteroatoms. The van der Waals surface area contributed by atoms with E-state index in [0.29, 0.717) is 35.9 Å². The number of amides is 1. The van der Waals surface area contributed by atoms with E-state index in [2.05, 4.69) is 10.3 Å². The number of nitrogens with two attached hydrogens (primary N) is 1. The monoisotopic (exact) mass is 333 g/mol. The highest BCUT2D eigenvalue weighted by molar-refractivity contribution is 7.12. The third-order valence-corrected chi connectivity index (χ3v) is 4.62. The number of aryl methyl sites for hydroxylation is 1. The second-order valence-electron chi connectivity index (χ2n) is 5.44. The number of anilines is 1. The Labute approximate surface area is 138 Å². The molecule has 3 N–H and O–H groups in total. The van der Waals surface area contributed by atoms with Crippen LogP contribution in [0.15, 0.2) is 29.8 Å². The molecule has 2 aromatic rings. The van der Waals surface area contributed by atoms with Gasteiger partial charge in [0.15, 0.2) is 0 Å². The van der Waals surface area contributed by atoms with Gasteiger partial charge in [0.1, 0.15) is 16.7 Å². The number of nitrogens with one attached hydrogen (secondary N) is 1. The van der Waals surface area contributed by atoms with Crippen molar-refractivity contribution in [2.75, 3.05) is 18.9 Å². The molecule has 0 bridgehead atoms. The molecule has 0 spiro atoms. The Bertz CT molecular complexity index is 671. The number of rotatable bonds is 4. The van der Waals surface area contributed by atoms with Crippen LogP contribution in [-0.2, 0) is 4.74 Å². The summed E-state index contributed by atoms with van der Waals surface area (Å²) in [5, 5.41) is 4.82. The van der Waals surface area contributed by atoms with Crippen LogP contribution in [0.5, 0.6) is 5.75 Å². The zero-order valence-corrected chi connectivity index (χ0v) is 13.6. The molecule has 6 nitrogen and oxygen atoms in total. The first kappa shape index (κ1) is 15.8. The smallest absolute Gasteiger partial charge is 0.263 e. The molecule has 1 fully saturated rings. The average Bonchev–Trinajstić information content (AvgIpc) is 2.97. The Morgan fingerprint density at radius 3 is 3.04 bits per heavy atom. The first-order valence-corrected chi connectivity index (χ1v) is 8.32. The molecule has 0 radical (unpaired) electrons. The largest absolute Gasteiger partial charge is 0.484 e. The lowest BCUT2D eigenvalue weighted by molar-refractivity contribution is -0.0136. The summed E-state index contributed by atoms with van der Waals surface area (Å²) in [4.78, 5) is 17.1. The van der Waals surface area contributed by atoms with Crippen molar-refractivity contribution >= 4 is 22.9 Å². The van der Waals surface area contributed by atoms with Crippen LogP contribution in [0.4, 0.5) is 5.69 Å². The average molecular weight is 333 g/mol. The Morgan fingerprint density at radius 1 is 1.48 bits per heavy atom. The van der Waals surface area contributed by atoms with Gasteiger partial charge in [0.05, 0.1) is 24.5 Å². The van der Waals surface area contributed by atoms with Crippen LogP contribution in [0.25, 0.3) is 0 Å². The van der Waals surface area contributed by atoms with Gasteiger partial charge in [0.2, 0.25) is 0 Å². The van der Waals surface area contributed by atoms with Crippen LogP contribution in [0, 0.1) is 6.92 Å². The van der Waals surface area contributed by atoms with Gasteiger partial charge in [-0.3, -0.25) is 9.78 Å². The number of nitrogens with zero attached hydrogens (tertiary/aromatic N) is 1. The zero-order valence-electron chi connectivity index (χ0n) is 12.8. The fraction of sp³-hybridized carbons (Fsp3) is 0.375. The van der Waals surface area contributed by atoms with Crippen molar-refractivity contribution in [3.63, 3.8) is 0 Å². The third kappa shape index (κ3) is 3.80. The topological polar surface area (TPSA) is 86.5 Å². The van der Waals surface area contributed by atoms with Crippen molar-refractivity contribution in [2.45, 2.75) is 25.5 Å². The molecule has 122 valence electrons. The van der Waals surface area contributed by atoms with Crippen LogP contribution in [0.2, 0.25) is 0 Å². The second kappa shape index (κ2) is 6.97. The van der Waals surface area contributed by atoms with Crippen LogP contribution >= 0.6 is 11.3 Å². The van der Waals surface area contributed by atoms with E-state index in [9.17, 15) is 4.79 Å². The zero-order chi connectivity index (χ0) is 16.2. The highest BCUT2D eigenvalue weighted by atomic mass is 32.1. The highest BCUT2D eigenvalue weighted by Crippen LogP contribution is 2.21. The Morgan fingerprint density at radius 2 is 2.35 bits per heavy atom. The SMILES string of the molecule is Cc1ccc(O[C@H]2COCC[C@H]2NC(=O)c2sccc2N)cn1. The molecule has 0 saturated carbocycles. The van der Waals surface area contributed by atoms with Gasteiger partial charge < -0.3 is 20.5 Å². The van der Waals surface area contributed by atoms with Crippen LogP contribution < -0.4 is 15.8 Å². The van der Waals surface area contributed by atoms with Gasteiger partial charge in [-0.05, 0) is 36.9 Å². The molecule has 1 saturated heterocycles. The normalized spacial score (nSPS) is 20.9. The van der Waals surface area contributed by atoms with E-state index in [1.165, 1.54) is 11.3 Å². The predicted molar refractivity (Wildman–Crippen MR) is 88.8 cm³/mol. The summed E-state index contributed by atoms with van der Waals surface area (Å²) in [6, 6.07) is 5.36. The van der Waals surface area contributed by atoms with Gasteiger partial charge in [0.25, 0.3) is 5.91 Å². The molecule has 0 aromatic carbocycles. The van der Waals surface area contributed by atoms with E-state index in [-0.39, 0.29) is 18.1 Å². The number of ether oxygens (including phenoxy) is 2.